The molecule has 2 nitrogen and oxygen atoms in total. The highest BCUT2D eigenvalue weighted by Gasteiger charge is 2.63. The predicted octanol–water partition coefficient (Wildman–Crippen LogP) is 1.66. The highest BCUT2D eigenvalue weighted by atomic mass is 16.3. The van der Waals surface area contributed by atoms with Crippen LogP contribution in [0.15, 0.2) is 0 Å². The molecule has 80 valence electrons. The Morgan fingerprint density at radius 2 is 1.86 bits per heavy atom. The van der Waals surface area contributed by atoms with Crippen molar-refractivity contribution in [3.63, 3.8) is 0 Å². The van der Waals surface area contributed by atoms with E-state index < -0.39 is 0 Å². The molecule has 0 aromatic carbocycles. The van der Waals surface area contributed by atoms with E-state index in [4.69, 9.17) is 5.73 Å². The van der Waals surface area contributed by atoms with Crippen LogP contribution >= 0.6 is 0 Å². The molecule has 4 aliphatic rings. The Labute approximate surface area is 85.9 Å². The van der Waals surface area contributed by atoms with Gasteiger partial charge in [-0.05, 0) is 48.9 Å². The van der Waals surface area contributed by atoms with E-state index in [0.717, 1.165) is 18.8 Å². The number of hydrogen-bond acceptors (Lipinski definition) is 2. The maximum absolute atomic E-state index is 10.3. The third-order valence-corrected chi connectivity index (χ3v) is 5.00. The number of rotatable bonds is 0. The van der Waals surface area contributed by atoms with Gasteiger partial charge in [0.25, 0.3) is 0 Å². The van der Waals surface area contributed by atoms with Crippen LogP contribution in [0.2, 0.25) is 0 Å². The Hall–Kier alpha value is -0.0800. The van der Waals surface area contributed by atoms with Gasteiger partial charge in [0, 0.05) is 5.54 Å². The summed E-state index contributed by atoms with van der Waals surface area (Å²) in [7, 11) is 0. The molecule has 5 atom stereocenters. The first-order chi connectivity index (χ1) is 6.35. The number of hydrogen-bond donors (Lipinski definition) is 2. The summed E-state index contributed by atoms with van der Waals surface area (Å²) in [5.41, 5.74) is 6.66. The molecule has 4 rings (SSSR count). The van der Waals surface area contributed by atoms with Crippen molar-refractivity contribution in [1.82, 2.24) is 0 Å². The molecule has 4 saturated carbocycles. The monoisotopic (exact) mass is 195 g/mol. The summed E-state index contributed by atoms with van der Waals surface area (Å²) < 4.78 is 0. The first kappa shape index (κ1) is 9.17. The van der Waals surface area contributed by atoms with Gasteiger partial charge in [-0.15, -0.1) is 0 Å². The number of nitrogens with two attached hydrogens (primary N) is 1. The van der Waals surface area contributed by atoms with Gasteiger partial charge in [0.15, 0.2) is 0 Å². The molecule has 3 N–H and O–H groups in total. The number of aliphatic hydroxyl groups is 1. The minimum atomic E-state index is -0.264. The van der Waals surface area contributed by atoms with Gasteiger partial charge in [0.1, 0.15) is 0 Å². The minimum Gasteiger partial charge on any atom is -0.391 e. The topological polar surface area (TPSA) is 46.2 Å². The molecule has 4 fully saturated rings. The van der Waals surface area contributed by atoms with Crippen molar-refractivity contribution in [2.45, 2.75) is 57.6 Å². The largest absolute Gasteiger partial charge is 0.391 e. The number of aliphatic hydroxyl groups excluding tert-OH is 1. The van der Waals surface area contributed by atoms with E-state index in [1.165, 1.54) is 19.3 Å². The third-order valence-electron chi connectivity index (χ3n) is 5.00. The molecule has 14 heavy (non-hydrogen) atoms. The summed E-state index contributed by atoms with van der Waals surface area (Å²) in [4.78, 5) is 0. The molecule has 0 aliphatic heterocycles. The van der Waals surface area contributed by atoms with Crippen LogP contribution < -0.4 is 5.73 Å². The van der Waals surface area contributed by atoms with Crippen molar-refractivity contribution in [1.29, 1.82) is 0 Å². The van der Waals surface area contributed by atoms with E-state index in [-0.39, 0.29) is 17.1 Å². The zero-order chi connectivity index (χ0) is 10.2. The quantitative estimate of drug-likeness (QED) is 0.617. The Morgan fingerprint density at radius 1 is 1.14 bits per heavy atom. The predicted molar refractivity (Wildman–Crippen MR) is 55.7 cm³/mol. The molecule has 0 amide bonds. The maximum Gasteiger partial charge on any atom is 0.0773 e. The lowest BCUT2D eigenvalue weighted by atomic mass is 9.42. The first-order valence-corrected chi connectivity index (χ1v) is 5.82. The van der Waals surface area contributed by atoms with Crippen molar-refractivity contribution in [2.75, 3.05) is 0 Å². The average Bonchev–Trinajstić information content (AvgIpc) is 1.95. The van der Waals surface area contributed by atoms with E-state index in [1.54, 1.807) is 0 Å². The van der Waals surface area contributed by atoms with E-state index >= 15 is 0 Å². The van der Waals surface area contributed by atoms with Gasteiger partial charge in [-0.25, -0.2) is 0 Å². The second kappa shape index (κ2) is 2.19. The van der Waals surface area contributed by atoms with Crippen LogP contribution in [-0.4, -0.2) is 16.7 Å². The lowest BCUT2D eigenvalue weighted by Crippen LogP contribution is -2.71. The van der Waals surface area contributed by atoms with Crippen LogP contribution in [0.5, 0.6) is 0 Å². The van der Waals surface area contributed by atoms with Gasteiger partial charge < -0.3 is 10.8 Å². The Balaban J connectivity index is 2.07. The van der Waals surface area contributed by atoms with E-state index in [2.05, 4.69) is 13.8 Å². The van der Waals surface area contributed by atoms with E-state index in [9.17, 15) is 5.11 Å². The Kier molecular flexibility index (Phi) is 1.44. The fraction of sp³-hybridized carbons (Fsp3) is 1.00. The van der Waals surface area contributed by atoms with Crippen molar-refractivity contribution in [3.05, 3.63) is 0 Å². The summed E-state index contributed by atoms with van der Waals surface area (Å²) in [6.07, 6.45) is 5.54. The zero-order valence-electron chi connectivity index (χ0n) is 9.21. The molecule has 0 radical (unpaired) electrons. The molecule has 2 heteroatoms. The highest BCUT2D eigenvalue weighted by Crippen LogP contribution is 2.65. The molecule has 0 heterocycles. The molecule has 4 bridgehead atoms. The van der Waals surface area contributed by atoms with Crippen LogP contribution in [-0.2, 0) is 0 Å². The van der Waals surface area contributed by atoms with Crippen LogP contribution in [0, 0.1) is 16.7 Å². The van der Waals surface area contributed by atoms with E-state index in [0.29, 0.717) is 5.41 Å². The second-order valence-corrected chi connectivity index (χ2v) is 6.93. The van der Waals surface area contributed by atoms with Crippen LogP contribution in [0.4, 0.5) is 0 Å². The standard InChI is InChI=1S/C12H21NO/c1-10-3-8-4-11(2,6-10)9(14)12(13,5-8)7-10/h8-9,14H,3-7,13H2,1-2H3. The summed E-state index contributed by atoms with van der Waals surface area (Å²) in [6.45, 7) is 4.60. The Bertz CT molecular complexity index is 268. The molecule has 0 aromatic rings. The molecular formula is C12H21NO. The maximum atomic E-state index is 10.3. The van der Waals surface area contributed by atoms with Crippen LogP contribution in [0.3, 0.4) is 0 Å². The first-order valence-electron chi connectivity index (χ1n) is 5.82. The van der Waals surface area contributed by atoms with Gasteiger partial charge in [-0.2, -0.15) is 0 Å². The lowest BCUT2D eigenvalue weighted by molar-refractivity contribution is -0.188. The summed E-state index contributed by atoms with van der Waals surface area (Å²) in [5.74, 6) is 0.779. The summed E-state index contributed by atoms with van der Waals surface area (Å²) in [6, 6.07) is 0. The fourth-order valence-electron chi connectivity index (χ4n) is 5.34. The summed E-state index contributed by atoms with van der Waals surface area (Å²) in [5, 5.41) is 10.3. The molecule has 0 spiro atoms. The van der Waals surface area contributed by atoms with Crippen LogP contribution in [0.1, 0.15) is 46.0 Å². The SMILES string of the molecule is CC12CC3CC(C)(C1)C(O)C(N)(C3)C2. The van der Waals surface area contributed by atoms with Crippen LogP contribution in [0.25, 0.3) is 0 Å². The normalized spacial score (nSPS) is 66.0. The minimum absolute atomic E-state index is 0.114. The zero-order valence-corrected chi connectivity index (χ0v) is 9.21. The van der Waals surface area contributed by atoms with Crippen molar-refractivity contribution in [2.24, 2.45) is 22.5 Å². The second-order valence-electron chi connectivity index (χ2n) is 6.93. The lowest BCUT2D eigenvalue weighted by Gasteiger charge is -2.66. The van der Waals surface area contributed by atoms with E-state index in [1.807, 2.05) is 0 Å². The van der Waals surface area contributed by atoms with Crippen molar-refractivity contribution < 1.29 is 5.11 Å². The molecule has 0 aromatic heterocycles. The average molecular weight is 195 g/mol. The molecule has 5 unspecified atom stereocenters. The van der Waals surface area contributed by atoms with Gasteiger partial charge >= 0.3 is 0 Å². The highest BCUT2D eigenvalue weighted by molar-refractivity contribution is 5.17. The van der Waals surface area contributed by atoms with Gasteiger partial charge in [-0.3, -0.25) is 0 Å². The molecular weight excluding hydrogens is 174 g/mol. The fourth-order valence-corrected chi connectivity index (χ4v) is 5.34. The van der Waals surface area contributed by atoms with Crippen molar-refractivity contribution >= 4 is 0 Å². The molecule has 4 aliphatic carbocycles. The Morgan fingerprint density at radius 3 is 2.43 bits per heavy atom. The molecule has 0 saturated heterocycles. The summed E-state index contributed by atoms with van der Waals surface area (Å²) >= 11 is 0. The third kappa shape index (κ3) is 0.938. The van der Waals surface area contributed by atoms with Crippen molar-refractivity contribution in [3.8, 4) is 0 Å². The van der Waals surface area contributed by atoms with Gasteiger partial charge in [0.05, 0.1) is 6.10 Å². The van der Waals surface area contributed by atoms with Gasteiger partial charge in [0.2, 0.25) is 0 Å². The van der Waals surface area contributed by atoms with Gasteiger partial charge in [-0.1, -0.05) is 13.8 Å². The smallest absolute Gasteiger partial charge is 0.0773 e.